The Morgan fingerprint density at radius 1 is 1.40 bits per heavy atom. The minimum atomic E-state index is -0.389. The van der Waals surface area contributed by atoms with Crippen molar-refractivity contribution in [3.63, 3.8) is 0 Å². The normalized spacial score (nSPS) is 14.9. The molecular formula is C12H24N2O. The maximum absolute atomic E-state index is 9.09. The summed E-state index contributed by atoms with van der Waals surface area (Å²) in [7, 11) is 0. The van der Waals surface area contributed by atoms with Gasteiger partial charge in [-0.25, -0.2) is 0 Å². The number of ether oxygens (including phenoxy) is 1. The van der Waals surface area contributed by atoms with Crippen LogP contribution in [-0.2, 0) is 4.74 Å². The summed E-state index contributed by atoms with van der Waals surface area (Å²) in [5.41, 5.74) is -0.389. The molecule has 15 heavy (non-hydrogen) atoms. The molecule has 0 fully saturated rings. The van der Waals surface area contributed by atoms with Gasteiger partial charge in [-0.3, -0.25) is 5.32 Å². The fourth-order valence-electron chi connectivity index (χ4n) is 1.62. The van der Waals surface area contributed by atoms with Crippen LogP contribution in [-0.4, -0.2) is 24.8 Å². The number of nitrogens with one attached hydrogen (secondary N) is 1. The molecule has 88 valence electrons. The fraction of sp³-hybridized carbons (Fsp3) is 0.917. The quantitative estimate of drug-likeness (QED) is 0.629. The fourth-order valence-corrected chi connectivity index (χ4v) is 1.62. The summed E-state index contributed by atoms with van der Waals surface area (Å²) >= 11 is 0. The lowest BCUT2D eigenvalue weighted by molar-refractivity contribution is 0.141. The number of hydrogen-bond acceptors (Lipinski definition) is 3. The van der Waals surface area contributed by atoms with E-state index in [4.69, 9.17) is 10.00 Å². The number of nitriles is 1. The van der Waals surface area contributed by atoms with Crippen LogP contribution in [0.5, 0.6) is 0 Å². The van der Waals surface area contributed by atoms with Crippen molar-refractivity contribution in [2.75, 3.05) is 13.2 Å². The minimum Gasteiger partial charge on any atom is -0.382 e. The van der Waals surface area contributed by atoms with Gasteiger partial charge in [0.05, 0.1) is 6.07 Å². The molecule has 0 amide bonds. The van der Waals surface area contributed by atoms with Crippen LogP contribution in [0.1, 0.15) is 47.0 Å². The predicted octanol–water partition coefficient (Wildman–Crippen LogP) is 2.47. The standard InChI is InChI=1S/C12H24N2O/c1-5-15-9-7-6-8-12(4,10-13)14-11(2)3/h11,14H,5-9H2,1-4H3. The van der Waals surface area contributed by atoms with Gasteiger partial charge in [0.25, 0.3) is 0 Å². The first-order valence-corrected chi connectivity index (χ1v) is 5.80. The third kappa shape index (κ3) is 7.35. The van der Waals surface area contributed by atoms with Crippen LogP contribution in [0.4, 0.5) is 0 Å². The van der Waals surface area contributed by atoms with E-state index in [0.29, 0.717) is 6.04 Å². The molecule has 0 radical (unpaired) electrons. The highest BCUT2D eigenvalue weighted by atomic mass is 16.5. The Balaban J connectivity index is 3.74. The third-order valence-corrected chi connectivity index (χ3v) is 2.27. The summed E-state index contributed by atoms with van der Waals surface area (Å²) in [6, 6.07) is 2.70. The highest BCUT2D eigenvalue weighted by Crippen LogP contribution is 2.13. The Morgan fingerprint density at radius 3 is 2.53 bits per heavy atom. The molecule has 0 aromatic heterocycles. The van der Waals surface area contributed by atoms with Gasteiger partial charge in [-0.1, -0.05) is 0 Å². The molecule has 0 aliphatic heterocycles. The summed E-state index contributed by atoms with van der Waals surface area (Å²) in [5, 5.41) is 12.4. The molecule has 0 bridgehead atoms. The lowest BCUT2D eigenvalue weighted by atomic mass is 9.96. The second-order valence-corrected chi connectivity index (χ2v) is 4.40. The van der Waals surface area contributed by atoms with E-state index in [9.17, 15) is 0 Å². The van der Waals surface area contributed by atoms with Gasteiger partial charge in [-0.15, -0.1) is 0 Å². The van der Waals surface area contributed by atoms with E-state index in [1.54, 1.807) is 0 Å². The van der Waals surface area contributed by atoms with E-state index < -0.39 is 0 Å². The van der Waals surface area contributed by atoms with E-state index in [1.165, 1.54) is 0 Å². The van der Waals surface area contributed by atoms with Gasteiger partial charge in [0, 0.05) is 19.3 Å². The molecule has 1 N–H and O–H groups in total. The average Bonchev–Trinajstić information content (AvgIpc) is 2.16. The van der Waals surface area contributed by atoms with Gasteiger partial charge in [-0.2, -0.15) is 5.26 Å². The Hall–Kier alpha value is -0.590. The van der Waals surface area contributed by atoms with Crippen LogP contribution in [0.25, 0.3) is 0 Å². The molecule has 1 atom stereocenters. The maximum Gasteiger partial charge on any atom is 0.104 e. The lowest BCUT2D eigenvalue weighted by Gasteiger charge is -2.25. The first-order valence-electron chi connectivity index (χ1n) is 5.80. The summed E-state index contributed by atoms with van der Waals surface area (Å²) in [4.78, 5) is 0. The van der Waals surface area contributed by atoms with Crippen molar-refractivity contribution in [1.82, 2.24) is 5.32 Å². The molecule has 3 heteroatoms. The molecule has 0 aromatic carbocycles. The largest absolute Gasteiger partial charge is 0.382 e. The van der Waals surface area contributed by atoms with Crippen molar-refractivity contribution < 1.29 is 4.74 Å². The second-order valence-electron chi connectivity index (χ2n) is 4.40. The van der Waals surface area contributed by atoms with Gasteiger partial charge in [0.2, 0.25) is 0 Å². The molecule has 0 saturated heterocycles. The summed E-state index contributed by atoms with van der Waals surface area (Å²) in [5.74, 6) is 0. The Bertz CT molecular complexity index is 198. The predicted molar refractivity (Wildman–Crippen MR) is 62.6 cm³/mol. The molecule has 0 aliphatic rings. The molecule has 0 heterocycles. The Kier molecular flexibility index (Phi) is 7.37. The van der Waals surface area contributed by atoms with Crippen LogP contribution in [0.3, 0.4) is 0 Å². The molecule has 0 aliphatic carbocycles. The average molecular weight is 212 g/mol. The third-order valence-electron chi connectivity index (χ3n) is 2.27. The first-order chi connectivity index (χ1) is 7.04. The second kappa shape index (κ2) is 7.67. The number of hydrogen-bond donors (Lipinski definition) is 1. The minimum absolute atomic E-state index is 0.349. The van der Waals surface area contributed by atoms with Gasteiger partial charge < -0.3 is 4.74 Å². The van der Waals surface area contributed by atoms with E-state index in [0.717, 1.165) is 32.5 Å². The van der Waals surface area contributed by atoms with Gasteiger partial charge in [-0.05, 0) is 47.0 Å². The summed E-state index contributed by atoms with van der Waals surface area (Å²) < 4.78 is 5.26. The zero-order valence-electron chi connectivity index (χ0n) is 10.5. The van der Waals surface area contributed by atoms with Gasteiger partial charge in [0.15, 0.2) is 0 Å². The molecular weight excluding hydrogens is 188 g/mol. The van der Waals surface area contributed by atoms with Gasteiger partial charge in [0.1, 0.15) is 5.54 Å². The van der Waals surface area contributed by atoms with Crippen LogP contribution in [0.2, 0.25) is 0 Å². The smallest absolute Gasteiger partial charge is 0.104 e. The molecule has 1 unspecified atom stereocenters. The topological polar surface area (TPSA) is 45.0 Å². The lowest BCUT2D eigenvalue weighted by Crippen LogP contribution is -2.44. The van der Waals surface area contributed by atoms with E-state index in [-0.39, 0.29) is 5.54 Å². The van der Waals surface area contributed by atoms with E-state index in [1.807, 2.05) is 13.8 Å². The van der Waals surface area contributed by atoms with Gasteiger partial charge >= 0.3 is 0 Å². The highest BCUT2D eigenvalue weighted by molar-refractivity contribution is 5.04. The molecule has 0 saturated carbocycles. The van der Waals surface area contributed by atoms with Crippen LogP contribution < -0.4 is 5.32 Å². The highest BCUT2D eigenvalue weighted by Gasteiger charge is 2.23. The maximum atomic E-state index is 9.09. The molecule has 3 nitrogen and oxygen atoms in total. The van der Waals surface area contributed by atoms with Crippen molar-refractivity contribution in [2.45, 2.75) is 58.5 Å². The van der Waals surface area contributed by atoms with Crippen molar-refractivity contribution in [3.8, 4) is 6.07 Å². The number of nitrogens with zero attached hydrogens (tertiary/aromatic N) is 1. The van der Waals surface area contributed by atoms with Crippen LogP contribution in [0, 0.1) is 11.3 Å². The van der Waals surface area contributed by atoms with Crippen molar-refractivity contribution >= 4 is 0 Å². The monoisotopic (exact) mass is 212 g/mol. The van der Waals surface area contributed by atoms with Crippen molar-refractivity contribution in [3.05, 3.63) is 0 Å². The summed E-state index contributed by atoms with van der Waals surface area (Å²) in [6.07, 6.45) is 2.95. The number of rotatable bonds is 8. The zero-order chi connectivity index (χ0) is 11.7. The van der Waals surface area contributed by atoms with E-state index >= 15 is 0 Å². The summed E-state index contributed by atoms with van der Waals surface area (Å²) in [6.45, 7) is 9.68. The van der Waals surface area contributed by atoms with Crippen LogP contribution in [0.15, 0.2) is 0 Å². The first kappa shape index (κ1) is 14.4. The van der Waals surface area contributed by atoms with Crippen molar-refractivity contribution in [1.29, 1.82) is 5.26 Å². The SMILES string of the molecule is CCOCCCCC(C)(C#N)NC(C)C. The Morgan fingerprint density at radius 2 is 2.07 bits per heavy atom. The molecule has 0 rings (SSSR count). The molecule has 0 spiro atoms. The van der Waals surface area contributed by atoms with Crippen molar-refractivity contribution in [2.24, 2.45) is 0 Å². The van der Waals surface area contributed by atoms with Crippen LogP contribution >= 0.6 is 0 Å². The number of unbranched alkanes of at least 4 members (excludes halogenated alkanes) is 1. The zero-order valence-corrected chi connectivity index (χ0v) is 10.5. The Labute approximate surface area is 93.8 Å². The van der Waals surface area contributed by atoms with E-state index in [2.05, 4.69) is 25.2 Å². The molecule has 0 aromatic rings.